The van der Waals surface area contributed by atoms with E-state index in [-0.39, 0.29) is 0 Å². The highest BCUT2D eigenvalue weighted by Crippen LogP contribution is 2.38. The van der Waals surface area contributed by atoms with Crippen molar-refractivity contribution in [1.82, 2.24) is 14.8 Å². The standard InChI is InChI=1S/C9H15N3OS2/c1-15(13)6-2-5-12-8(7-3-4-7)10-11-9(12)14/h7H,2-6H2,1H3,(H,11,14). The van der Waals surface area contributed by atoms with Crippen molar-refractivity contribution in [2.75, 3.05) is 12.0 Å². The quantitative estimate of drug-likeness (QED) is 0.801. The number of hydrogen-bond donors (Lipinski definition) is 1. The van der Waals surface area contributed by atoms with Gasteiger partial charge in [0.25, 0.3) is 0 Å². The summed E-state index contributed by atoms with van der Waals surface area (Å²) in [6, 6.07) is 0. The summed E-state index contributed by atoms with van der Waals surface area (Å²) < 4.78 is 13.7. The van der Waals surface area contributed by atoms with Crippen LogP contribution in [0.3, 0.4) is 0 Å². The van der Waals surface area contributed by atoms with Gasteiger partial charge >= 0.3 is 0 Å². The van der Waals surface area contributed by atoms with E-state index in [4.69, 9.17) is 12.2 Å². The molecule has 84 valence electrons. The van der Waals surface area contributed by atoms with E-state index in [0.717, 1.165) is 24.5 Å². The maximum atomic E-state index is 10.9. The molecule has 0 bridgehead atoms. The molecule has 1 N–H and O–H groups in total. The normalized spacial score (nSPS) is 17.9. The average Bonchev–Trinajstić information content (AvgIpc) is 2.94. The van der Waals surface area contributed by atoms with Crippen LogP contribution in [0.2, 0.25) is 0 Å². The number of aromatic amines is 1. The predicted octanol–water partition coefficient (Wildman–Crippen LogP) is 1.59. The minimum absolute atomic E-state index is 0.602. The second-order valence-electron chi connectivity index (χ2n) is 3.94. The van der Waals surface area contributed by atoms with Gasteiger partial charge in [0.1, 0.15) is 5.82 Å². The topological polar surface area (TPSA) is 50.7 Å². The van der Waals surface area contributed by atoms with Crippen LogP contribution in [0.4, 0.5) is 0 Å². The molecule has 0 amide bonds. The summed E-state index contributed by atoms with van der Waals surface area (Å²) in [5.41, 5.74) is 0. The van der Waals surface area contributed by atoms with Gasteiger partial charge in [0.2, 0.25) is 0 Å². The highest BCUT2D eigenvalue weighted by Gasteiger charge is 2.28. The second-order valence-corrected chi connectivity index (χ2v) is 5.89. The van der Waals surface area contributed by atoms with E-state index in [1.165, 1.54) is 12.8 Å². The third-order valence-electron chi connectivity index (χ3n) is 2.54. The lowest BCUT2D eigenvalue weighted by Gasteiger charge is -2.04. The van der Waals surface area contributed by atoms with Crippen molar-refractivity contribution >= 4 is 23.0 Å². The Bertz CT molecular complexity index is 419. The molecule has 6 heteroatoms. The lowest BCUT2D eigenvalue weighted by atomic mass is 10.4. The number of hydrogen-bond acceptors (Lipinski definition) is 3. The van der Waals surface area contributed by atoms with E-state index in [1.807, 2.05) is 0 Å². The summed E-state index contributed by atoms with van der Waals surface area (Å²) in [6.45, 7) is 0.834. The van der Waals surface area contributed by atoms with Crippen LogP contribution in [0.15, 0.2) is 0 Å². The molecular weight excluding hydrogens is 230 g/mol. The zero-order valence-corrected chi connectivity index (χ0v) is 10.4. The van der Waals surface area contributed by atoms with Gasteiger partial charge in [0, 0.05) is 35.3 Å². The summed E-state index contributed by atoms with van der Waals surface area (Å²) in [6.07, 6.45) is 5.08. The lowest BCUT2D eigenvalue weighted by molar-refractivity contribution is 0.628. The molecule has 0 saturated heterocycles. The van der Waals surface area contributed by atoms with Gasteiger partial charge in [-0.05, 0) is 31.5 Å². The third-order valence-corrected chi connectivity index (χ3v) is 3.72. The molecule has 1 aromatic heterocycles. The highest BCUT2D eigenvalue weighted by molar-refractivity contribution is 7.84. The van der Waals surface area contributed by atoms with Crippen molar-refractivity contribution in [3.05, 3.63) is 10.6 Å². The van der Waals surface area contributed by atoms with Gasteiger partial charge in [-0.3, -0.25) is 9.31 Å². The second kappa shape index (κ2) is 4.57. The molecule has 2 rings (SSSR count). The van der Waals surface area contributed by atoms with E-state index < -0.39 is 10.8 Å². The molecule has 1 fully saturated rings. The Balaban J connectivity index is 2.02. The van der Waals surface area contributed by atoms with Gasteiger partial charge < -0.3 is 4.57 Å². The fourth-order valence-electron chi connectivity index (χ4n) is 1.63. The number of H-pyrrole nitrogens is 1. The van der Waals surface area contributed by atoms with Crippen LogP contribution in [0.25, 0.3) is 0 Å². The van der Waals surface area contributed by atoms with Crippen LogP contribution < -0.4 is 0 Å². The Morgan fingerprint density at radius 1 is 1.67 bits per heavy atom. The summed E-state index contributed by atoms with van der Waals surface area (Å²) in [7, 11) is -0.713. The van der Waals surface area contributed by atoms with Crippen LogP contribution in [0.1, 0.15) is 31.0 Å². The minimum atomic E-state index is -0.713. The molecule has 4 nitrogen and oxygen atoms in total. The van der Waals surface area contributed by atoms with E-state index >= 15 is 0 Å². The SMILES string of the molecule is CS(=O)CCCn1c(C2CC2)n[nH]c1=S. The molecule has 1 unspecified atom stereocenters. The zero-order chi connectivity index (χ0) is 10.8. The molecule has 0 aliphatic heterocycles. The molecular formula is C9H15N3OS2. The van der Waals surface area contributed by atoms with E-state index in [9.17, 15) is 4.21 Å². The van der Waals surface area contributed by atoms with E-state index in [1.54, 1.807) is 6.26 Å². The Morgan fingerprint density at radius 3 is 3.00 bits per heavy atom. The monoisotopic (exact) mass is 245 g/mol. The fraction of sp³-hybridized carbons (Fsp3) is 0.778. The summed E-state index contributed by atoms with van der Waals surface area (Å²) in [5.74, 6) is 2.42. The van der Waals surface area contributed by atoms with Crippen LogP contribution in [-0.2, 0) is 17.3 Å². The first-order valence-corrected chi connectivity index (χ1v) is 7.27. The van der Waals surface area contributed by atoms with Gasteiger partial charge in [0.05, 0.1) is 0 Å². The Morgan fingerprint density at radius 2 is 2.40 bits per heavy atom. The van der Waals surface area contributed by atoms with Crippen molar-refractivity contribution in [1.29, 1.82) is 0 Å². The molecule has 1 aliphatic rings. The highest BCUT2D eigenvalue weighted by atomic mass is 32.2. The van der Waals surface area contributed by atoms with E-state index in [2.05, 4.69) is 14.8 Å². The lowest BCUT2D eigenvalue weighted by Crippen LogP contribution is -2.06. The smallest absolute Gasteiger partial charge is 0.195 e. The number of nitrogens with zero attached hydrogens (tertiary/aromatic N) is 2. The number of aromatic nitrogens is 3. The van der Waals surface area contributed by atoms with Crippen molar-refractivity contribution in [2.24, 2.45) is 0 Å². The van der Waals surface area contributed by atoms with Crippen molar-refractivity contribution in [2.45, 2.75) is 31.7 Å². The zero-order valence-electron chi connectivity index (χ0n) is 8.73. The molecule has 1 aromatic rings. The van der Waals surface area contributed by atoms with Gasteiger partial charge in [-0.1, -0.05) is 0 Å². The van der Waals surface area contributed by atoms with Crippen molar-refractivity contribution in [3.63, 3.8) is 0 Å². The van der Waals surface area contributed by atoms with Crippen LogP contribution in [-0.4, -0.2) is 31.0 Å². The molecule has 1 atom stereocenters. The molecule has 15 heavy (non-hydrogen) atoms. The Kier molecular flexibility index (Phi) is 3.35. The Hall–Kier alpha value is -0.490. The fourth-order valence-corrected chi connectivity index (χ4v) is 2.39. The van der Waals surface area contributed by atoms with Gasteiger partial charge in [0.15, 0.2) is 4.77 Å². The molecule has 0 aromatic carbocycles. The molecule has 1 heterocycles. The summed E-state index contributed by atoms with van der Waals surface area (Å²) in [4.78, 5) is 0. The van der Waals surface area contributed by atoms with Crippen LogP contribution >= 0.6 is 12.2 Å². The van der Waals surface area contributed by atoms with Gasteiger partial charge in [-0.2, -0.15) is 5.10 Å². The van der Waals surface area contributed by atoms with Crippen LogP contribution in [0, 0.1) is 4.77 Å². The molecule has 1 aliphatic carbocycles. The van der Waals surface area contributed by atoms with Crippen LogP contribution in [0.5, 0.6) is 0 Å². The summed E-state index contributed by atoms with van der Waals surface area (Å²) in [5, 5.41) is 7.08. The molecule has 0 radical (unpaired) electrons. The first-order valence-electron chi connectivity index (χ1n) is 5.13. The van der Waals surface area contributed by atoms with E-state index in [0.29, 0.717) is 10.7 Å². The maximum absolute atomic E-state index is 10.9. The number of nitrogens with one attached hydrogen (secondary N) is 1. The number of rotatable bonds is 5. The van der Waals surface area contributed by atoms with Gasteiger partial charge in [-0.25, -0.2) is 0 Å². The third kappa shape index (κ3) is 2.75. The Labute approximate surface area is 96.5 Å². The molecule has 1 saturated carbocycles. The van der Waals surface area contributed by atoms with Crippen molar-refractivity contribution in [3.8, 4) is 0 Å². The first-order chi connectivity index (χ1) is 7.18. The molecule has 0 spiro atoms. The largest absolute Gasteiger partial charge is 0.304 e. The average molecular weight is 245 g/mol. The summed E-state index contributed by atoms with van der Waals surface area (Å²) >= 11 is 5.17. The maximum Gasteiger partial charge on any atom is 0.195 e. The van der Waals surface area contributed by atoms with Gasteiger partial charge in [-0.15, -0.1) is 0 Å². The minimum Gasteiger partial charge on any atom is -0.304 e. The predicted molar refractivity (Wildman–Crippen MR) is 62.9 cm³/mol. The van der Waals surface area contributed by atoms with Crippen molar-refractivity contribution < 1.29 is 4.21 Å². The first kappa shape index (κ1) is 11.0.